The predicted molar refractivity (Wildman–Crippen MR) is 177 cm³/mol. The number of aromatic nitrogens is 1. The van der Waals surface area contributed by atoms with Gasteiger partial charge in [0, 0.05) is 29.9 Å². The number of hydrogen-bond donors (Lipinski definition) is 4. The number of ketones is 1. The Labute approximate surface area is 274 Å². The van der Waals surface area contributed by atoms with Gasteiger partial charge in [0.1, 0.15) is 17.5 Å². The molecule has 1 saturated heterocycles. The summed E-state index contributed by atoms with van der Waals surface area (Å²) in [6.07, 6.45) is 0.836. The first-order valence-electron chi connectivity index (χ1n) is 15.9. The number of carbonyl (C=O) groups is 5. The molecular weight excluding hydrogens is 602 g/mol. The maximum Gasteiger partial charge on any atom is 0.339 e. The van der Waals surface area contributed by atoms with Crippen LogP contribution in [0.1, 0.15) is 65.1 Å². The molecule has 2 heterocycles. The zero-order valence-corrected chi connectivity index (χ0v) is 27.9. The van der Waals surface area contributed by atoms with Crippen LogP contribution >= 0.6 is 0 Å². The van der Waals surface area contributed by atoms with Gasteiger partial charge in [-0.1, -0.05) is 38.1 Å². The Hall–Kier alpha value is -4.71. The van der Waals surface area contributed by atoms with Crippen molar-refractivity contribution in [2.75, 3.05) is 34.4 Å². The van der Waals surface area contributed by atoms with Crippen molar-refractivity contribution in [3.05, 3.63) is 64.8 Å². The Morgan fingerprint density at radius 1 is 1.04 bits per heavy atom. The summed E-state index contributed by atoms with van der Waals surface area (Å²) in [6, 6.07) is 10.5. The Balaban J connectivity index is 1.51. The van der Waals surface area contributed by atoms with Crippen molar-refractivity contribution in [2.24, 2.45) is 11.8 Å². The Morgan fingerprint density at radius 3 is 2.45 bits per heavy atom. The number of nitrogens with one attached hydrogen (secondary N) is 4. The van der Waals surface area contributed by atoms with Crippen LogP contribution in [0.15, 0.2) is 42.5 Å². The molecule has 12 nitrogen and oxygen atoms in total. The van der Waals surface area contributed by atoms with E-state index >= 15 is 0 Å². The zero-order chi connectivity index (χ0) is 34.2. The lowest BCUT2D eigenvalue weighted by atomic mass is 9.95. The lowest BCUT2D eigenvalue weighted by Crippen LogP contribution is -2.53. The minimum Gasteiger partial charge on any atom is -0.496 e. The highest BCUT2D eigenvalue weighted by Gasteiger charge is 2.34. The summed E-state index contributed by atoms with van der Waals surface area (Å²) >= 11 is 0. The van der Waals surface area contributed by atoms with E-state index in [1.165, 1.54) is 0 Å². The Morgan fingerprint density at radius 2 is 1.79 bits per heavy atom. The van der Waals surface area contributed by atoms with Crippen molar-refractivity contribution in [1.82, 2.24) is 25.8 Å². The molecule has 0 saturated carbocycles. The number of carbonyl (C=O) groups excluding carboxylic acids is 5. The number of benzene rings is 2. The highest BCUT2D eigenvalue weighted by atomic mass is 16.5. The van der Waals surface area contributed by atoms with E-state index in [0.717, 1.165) is 16.5 Å². The average molecular weight is 648 g/mol. The average Bonchev–Trinajstić information content (AvgIpc) is 3.64. The summed E-state index contributed by atoms with van der Waals surface area (Å²) in [5.74, 6) is -2.34. The molecule has 3 amide bonds. The van der Waals surface area contributed by atoms with E-state index < -0.39 is 48.2 Å². The van der Waals surface area contributed by atoms with Crippen LogP contribution in [0, 0.1) is 18.8 Å². The number of nitrogens with zero attached hydrogens (tertiary/aromatic N) is 1. The number of fused-ring (bicyclic) bond motifs is 1. The number of amides is 3. The monoisotopic (exact) mass is 647 g/mol. The first kappa shape index (κ1) is 35.1. The van der Waals surface area contributed by atoms with Gasteiger partial charge >= 0.3 is 5.97 Å². The molecule has 0 spiro atoms. The number of rotatable bonds is 15. The summed E-state index contributed by atoms with van der Waals surface area (Å²) in [6.45, 7) is 6.02. The Kier molecular flexibility index (Phi) is 11.8. The van der Waals surface area contributed by atoms with Gasteiger partial charge < -0.3 is 35.3 Å². The van der Waals surface area contributed by atoms with Gasteiger partial charge in [-0.3, -0.25) is 19.2 Å². The summed E-state index contributed by atoms with van der Waals surface area (Å²) in [5.41, 5.74) is 2.82. The fraction of sp³-hybridized carbons (Fsp3) is 0.457. The van der Waals surface area contributed by atoms with Crippen LogP contribution in [0.25, 0.3) is 10.9 Å². The second-order valence-corrected chi connectivity index (χ2v) is 12.7. The van der Waals surface area contributed by atoms with E-state index in [4.69, 9.17) is 9.47 Å². The molecule has 0 aliphatic carbocycles. The van der Waals surface area contributed by atoms with Crippen molar-refractivity contribution in [3.63, 3.8) is 0 Å². The van der Waals surface area contributed by atoms with Crippen molar-refractivity contribution < 1.29 is 33.4 Å². The smallest absolute Gasteiger partial charge is 0.339 e. The molecule has 1 aromatic heterocycles. The van der Waals surface area contributed by atoms with Gasteiger partial charge in [0.15, 0.2) is 12.4 Å². The number of hydrogen-bond acceptors (Lipinski definition) is 8. The number of H-pyrrole nitrogens is 1. The van der Waals surface area contributed by atoms with Crippen LogP contribution in [0.5, 0.6) is 5.75 Å². The predicted octanol–water partition coefficient (Wildman–Crippen LogP) is 3.13. The van der Waals surface area contributed by atoms with Crippen LogP contribution in [0.2, 0.25) is 0 Å². The van der Waals surface area contributed by atoms with E-state index in [1.807, 2.05) is 51.0 Å². The Bertz CT molecular complexity index is 1630. The van der Waals surface area contributed by atoms with E-state index in [1.54, 1.807) is 38.3 Å². The van der Waals surface area contributed by atoms with Crippen LogP contribution in [-0.2, 0) is 25.7 Å². The molecule has 1 aliphatic rings. The van der Waals surface area contributed by atoms with Crippen LogP contribution in [0.3, 0.4) is 0 Å². The molecule has 4 rings (SSSR count). The number of ether oxygens (including phenoxy) is 2. The van der Waals surface area contributed by atoms with E-state index in [2.05, 4.69) is 20.9 Å². The van der Waals surface area contributed by atoms with Crippen LogP contribution in [-0.4, -0.2) is 85.8 Å². The highest BCUT2D eigenvalue weighted by Crippen LogP contribution is 2.26. The quantitative estimate of drug-likeness (QED) is 0.183. The van der Waals surface area contributed by atoms with Crippen molar-refractivity contribution in [3.8, 4) is 5.75 Å². The zero-order valence-electron chi connectivity index (χ0n) is 27.9. The second kappa shape index (κ2) is 15.7. The molecule has 0 radical (unpaired) electrons. The summed E-state index contributed by atoms with van der Waals surface area (Å²) < 4.78 is 10.9. The van der Waals surface area contributed by atoms with Gasteiger partial charge in [0.25, 0.3) is 5.91 Å². The fourth-order valence-corrected chi connectivity index (χ4v) is 5.87. The van der Waals surface area contributed by atoms with Crippen LogP contribution < -0.4 is 20.7 Å². The number of Topliss-reactive ketones (excluding diaryl/α,β-unsaturated/α-hetero) is 1. The second-order valence-electron chi connectivity index (χ2n) is 12.7. The first-order valence-corrected chi connectivity index (χ1v) is 15.9. The molecular formula is C35H45N5O7. The standard InChI is InChI=1S/C35H45N5O7/c1-20(2)15-27(39-34(44)28-17-24-25(37-28)11-8-12-30(24)46-6)33(43)38-26(16-22-13-14-36-32(22)42)29(41)19-47-35(45)31-21(3)9-7-10-23(31)18-40(4)5/h7-12,17,20,22,26-27,37H,13-16,18-19H2,1-6H3,(H,36,42)(H,38,43)(H,39,44)/t22-,26-,27-/m0/s1. The SMILES string of the molecule is COc1cccc2[nH]c(C(=O)N[C@@H](CC(C)C)C(=O)N[C@@H](C[C@@H]3CCNC3=O)C(=O)COC(=O)c3c(C)cccc3CN(C)C)cc12. The topological polar surface area (TPSA) is 159 Å². The number of aromatic amines is 1. The molecule has 3 aromatic rings. The lowest BCUT2D eigenvalue weighted by molar-refractivity contribution is -0.131. The van der Waals surface area contributed by atoms with Crippen LogP contribution in [0.4, 0.5) is 0 Å². The first-order chi connectivity index (χ1) is 22.4. The minimum absolute atomic E-state index is 0.0232. The molecule has 252 valence electrons. The summed E-state index contributed by atoms with van der Waals surface area (Å²) in [4.78, 5) is 71.3. The summed E-state index contributed by atoms with van der Waals surface area (Å²) in [7, 11) is 5.32. The van der Waals surface area contributed by atoms with Gasteiger partial charge in [-0.25, -0.2) is 4.79 Å². The fourth-order valence-electron chi connectivity index (χ4n) is 5.87. The van der Waals surface area contributed by atoms with Gasteiger partial charge in [0.05, 0.1) is 18.7 Å². The van der Waals surface area contributed by atoms with Gasteiger partial charge in [-0.2, -0.15) is 0 Å². The molecule has 12 heteroatoms. The minimum atomic E-state index is -1.12. The summed E-state index contributed by atoms with van der Waals surface area (Å²) in [5, 5.41) is 9.06. The van der Waals surface area contributed by atoms with Gasteiger partial charge in [-0.15, -0.1) is 0 Å². The highest BCUT2D eigenvalue weighted by molar-refractivity contribution is 6.02. The van der Waals surface area contributed by atoms with Gasteiger partial charge in [-0.05, 0) is 75.5 Å². The maximum atomic E-state index is 13.7. The van der Waals surface area contributed by atoms with E-state index in [9.17, 15) is 24.0 Å². The number of esters is 1. The third-order valence-corrected chi connectivity index (χ3v) is 8.20. The normalized spacial score (nSPS) is 15.7. The van der Waals surface area contributed by atoms with Crippen molar-refractivity contribution in [2.45, 2.75) is 58.7 Å². The molecule has 1 fully saturated rings. The molecule has 0 bridgehead atoms. The molecule has 1 aliphatic heterocycles. The van der Waals surface area contributed by atoms with E-state index in [0.29, 0.717) is 42.8 Å². The molecule has 4 N–H and O–H groups in total. The largest absolute Gasteiger partial charge is 0.496 e. The molecule has 3 atom stereocenters. The molecule has 47 heavy (non-hydrogen) atoms. The molecule has 2 aromatic carbocycles. The third kappa shape index (κ3) is 8.97. The third-order valence-electron chi connectivity index (χ3n) is 8.20. The number of methoxy groups -OCH3 is 1. The maximum absolute atomic E-state index is 13.7. The van der Waals surface area contributed by atoms with E-state index in [-0.39, 0.29) is 23.9 Å². The van der Waals surface area contributed by atoms with Crippen molar-refractivity contribution in [1.29, 1.82) is 0 Å². The lowest BCUT2D eigenvalue weighted by Gasteiger charge is -2.25. The van der Waals surface area contributed by atoms with Gasteiger partial charge in [0.2, 0.25) is 11.8 Å². The molecule has 0 unspecified atom stereocenters. The van der Waals surface area contributed by atoms with Crippen molar-refractivity contribution >= 4 is 40.4 Å². The number of aryl methyl sites for hydroxylation is 1.